The van der Waals surface area contributed by atoms with Crippen LogP contribution in [-0.2, 0) is 16.0 Å². The minimum absolute atomic E-state index is 0.271. The van der Waals surface area contributed by atoms with Crippen LogP contribution in [0.3, 0.4) is 0 Å². The summed E-state index contributed by atoms with van der Waals surface area (Å²) < 4.78 is 12.4. The summed E-state index contributed by atoms with van der Waals surface area (Å²) in [5, 5.41) is 15.1. The van der Waals surface area contributed by atoms with E-state index in [9.17, 15) is 5.11 Å². The number of aromatic nitrogens is 2. The standard InChI is InChI=1S/C14H23ClN2O3/c1-19-9-7-17-14(12(15)10-16-17)13(18)6-5-11-4-2-3-8-20-11/h10-11,13,18H,2-9H2,1H3. The summed E-state index contributed by atoms with van der Waals surface area (Å²) >= 11 is 6.12. The molecule has 1 aliphatic rings. The van der Waals surface area contributed by atoms with Gasteiger partial charge in [-0.05, 0) is 32.1 Å². The molecule has 6 heteroatoms. The molecule has 1 saturated heterocycles. The van der Waals surface area contributed by atoms with Crippen molar-refractivity contribution in [2.75, 3.05) is 20.3 Å². The minimum atomic E-state index is -0.604. The van der Waals surface area contributed by atoms with Gasteiger partial charge in [0.2, 0.25) is 0 Å². The Labute approximate surface area is 124 Å². The third kappa shape index (κ3) is 4.19. The third-order valence-electron chi connectivity index (χ3n) is 3.69. The average Bonchev–Trinajstić information content (AvgIpc) is 2.84. The molecule has 0 aliphatic carbocycles. The maximum atomic E-state index is 10.4. The van der Waals surface area contributed by atoms with Crippen molar-refractivity contribution in [3.63, 3.8) is 0 Å². The number of aliphatic hydroxyl groups is 1. The van der Waals surface area contributed by atoms with Crippen LogP contribution in [0.25, 0.3) is 0 Å². The zero-order valence-electron chi connectivity index (χ0n) is 11.9. The van der Waals surface area contributed by atoms with Gasteiger partial charge in [0.15, 0.2) is 0 Å². The second kappa shape index (κ2) is 7.98. The summed E-state index contributed by atoms with van der Waals surface area (Å²) in [5.74, 6) is 0. The lowest BCUT2D eigenvalue weighted by molar-refractivity contribution is 0.00146. The van der Waals surface area contributed by atoms with Gasteiger partial charge in [-0.15, -0.1) is 0 Å². The van der Waals surface area contributed by atoms with Gasteiger partial charge in [-0.1, -0.05) is 11.6 Å². The predicted molar refractivity (Wildman–Crippen MR) is 76.9 cm³/mol. The van der Waals surface area contributed by atoms with Crippen molar-refractivity contribution in [3.05, 3.63) is 16.9 Å². The molecule has 5 nitrogen and oxygen atoms in total. The van der Waals surface area contributed by atoms with Gasteiger partial charge in [0.25, 0.3) is 0 Å². The number of methoxy groups -OCH3 is 1. The fraction of sp³-hybridized carbons (Fsp3) is 0.786. The van der Waals surface area contributed by atoms with E-state index in [1.54, 1.807) is 18.0 Å². The van der Waals surface area contributed by atoms with Crippen LogP contribution in [0.15, 0.2) is 6.20 Å². The molecule has 2 atom stereocenters. The monoisotopic (exact) mass is 302 g/mol. The molecule has 114 valence electrons. The van der Waals surface area contributed by atoms with E-state index in [-0.39, 0.29) is 6.10 Å². The number of hydrogen-bond acceptors (Lipinski definition) is 4. The topological polar surface area (TPSA) is 56.5 Å². The van der Waals surface area contributed by atoms with Crippen LogP contribution < -0.4 is 0 Å². The lowest BCUT2D eigenvalue weighted by Crippen LogP contribution is -2.20. The van der Waals surface area contributed by atoms with Crippen LogP contribution in [0.4, 0.5) is 0 Å². The van der Waals surface area contributed by atoms with E-state index in [0.717, 1.165) is 25.9 Å². The highest BCUT2D eigenvalue weighted by atomic mass is 35.5. The Balaban J connectivity index is 1.90. The van der Waals surface area contributed by atoms with Crippen molar-refractivity contribution >= 4 is 11.6 Å². The molecular weight excluding hydrogens is 280 g/mol. The summed E-state index contributed by atoms with van der Waals surface area (Å²) in [5.41, 5.74) is 0.680. The first-order valence-corrected chi connectivity index (χ1v) is 7.60. The third-order valence-corrected chi connectivity index (χ3v) is 3.98. The summed E-state index contributed by atoms with van der Waals surface area (Å²) in [7, 11) is 1.64. The normalized spacial score (nSPS) is 21.1. The van der Waals surface area contributed by atoms with E-state index < -0.39 is 6.10 Å². The Bertz CT molecular complexity index is 405. The Hall–Kier alpha value is -0.620. The van der Waals surface area contributed by atoms with E-state index in [0.29, 0.717) is 30.3 Å². The highest BCUT2D eigenvalue weighted by Crippen LogP contribution is 2.28. The molecule has 0 aromatic carbocycles. The number of aliphatic hydroxyl groups excluding tert-OH is 1. The zero-order chi connectivity index (χ0) is 14.4. The van der Waals surface area contributed by atoms with Gasteiger partial charge in [-0.25, -0.2) is 0 Å². The Morgan fingerprint density at radius 1 is 1.60 bits per heavy atom. The second-order valence-corrected chi connectivity index (χ2v) is 5.58. The lowest BCUT2D eigenvalue weighted by Gasteiger charge is -2.23. The van der Waals surface area contributed by atoms with E-state index in [1.165, 1.54) is 6.42 Å². The molecule has 1 aromatic heterocycles. The molecular formula is C14H23ClN2O3. The fourth-order valence-corrected chi connectivity index (χ4v) is 2.84. The van der Waals surface area contributed by atoms with Crippen molar-refractivity contribution in [1.82, 2.24) is 9.78 Å². The van der Waals surface area contributed by atoms with Gasteiger partial charge in [0, 0.05) is 13.7 Å². The summed E-state index contributed by atoms with van der Waals surface area (Å²) in [6.45, 7) is 1.98. The Kier molecular flexibility index (Phi) is 6.29. The Morgan fingerprint density at radius 2 is 2.45 bits per heavy atom. The Morgan fingerprint density at radius 3 is 3.15 bits per heavy atom. The zero-order valence-corrected chi connectivity index (χ0v) is 12.7. The number of rotatable bonds is 7. The van der Waals surface area contributed by atoms with Crippen molar-refractivity contribution in [2.45, 2.75) is 50.9 Å². The van der Waals surface area contributed by atoms with Gasteiger partial charge in [0.1, 0.15) is 0 Å². The van der Waals surface area contributed by atoms with E-state index in [1.807, 2.05) is 0 Å². The van der Waals surface area contributed by atoms with Crippen molar-refractivity contribution in [1.29, 1.82) is 0 Å². The molecule has 0 saturated carbocycles. The van der Waals surface area contributed by atoms with E-state index in [2.05, 4.69) is 5.10 Å². The largest absolute Gasteiger partial charge is 0.387 e. The van der Waals surface area contributed by atoms with Crippen LogP contribution in [-0.4, -0.2) is 41.3 Å². The molecule has 0 amide bonds. The van der Waals surface area contributed by atoms with Gasteiger partial charge < -0.3 is 14.6 Å². The van der Waals surface area contributed by atoms with E-state index in [4.69, 9.17) is 21.1 Å². The van der Waals surface area contributed by atoms with Crippen molar-refractivity contribution < 1.29 is 14.6 Å². The second-order valence-electron chi connectivity index (χ2n) is 5.18. The molecule has 1 N–H and O–H groups in total. The summed E-state index contributed by atoms with van der Waals surface area (Å²) in [6, 6.07) is 0. The van der Waals surface area contributed by atoms with Gasteiger partial charge in [0.05, 0.1) is 42.3 Å². The first-order chi connectivity index (χ1) is 9.72. The minimum Gasteiger partial charge on any atom is -0.387 e. The van der Waals surface area contributed by atoms with Crippen LogP contribution >= 0.6 is 11.6 Å². The summed E-state index contributed by atoms with van der Waals surface area (Å²) in [4.78, 5) is 0. The molecule has 1 aliphatic heterocycles. The molecule has 0 bridgehead atoms. The maximum Gasteiger partial charge on any atom is 0.0972 e. The molecule has 0 spiro atoms. The van der Waals surface area contributed by atoms with Crippen LogP contribution in [0.2, 0.25) is 5.02 Å². The molecule has 2 unspecified atom stereocenters. The van der Waals surface area contributed by atoms with Gasteiger partial charge >= 0.3 is 0 Å². The van der Waals surface area contributed by atoms with Crippen molar-refractivity contribution in [3.8, 4) is 0 Å². The van der Waals surface area contributed by atoms with Crippen LogP contribution in [0.5, 0.6) is 0 Å². The number of nitrogens with zero attached hydrogens (tertiary/aromatic N) is 2. The molecule has 20 heavy (non-hydrogen) atoms. The lowest BCUT2D eigenvalue weighted by atomic mass is 10.0. The molecule has 2 rings (SSSR count). The average molecular weight is 303 g/mol. The highest BCUT2D eigenvalue weighted by molar-refractivity contribution is 6.31. The summed E-state index contributed by atoms with van der Waals surface area (Å²) in [6.07, 6.45) is 6.19. The van der Waals surface area contributed by atoms with Crippen molar-refractivity contribution in [2.24, 2.45) is 0 Å². The van der Waals surface area contributed by atoms with Crippen LogP contribution in [0.1, 0.15) is 43.9 Å². The van der Waals surface area contributed by atoms with Gasteiger partial charge in [-0.2, -0.15) is 5.10 Å². The molecule has 1 aromatic rings. The predicted octanol–water partition coefficient (Wildman–Crippen LogP) is 2.57. The SMILES string of the molecule is COCCn1ncc(Cl)c1C(O)CCC1CCCCO1. The molecule has 2 heterocycles. The first-order valence-electron chi connectivity index (χ1n) is 7.22. The number of halogens is 1. The first kappa shape index (κ1) is 15.8. The maximum absolute atomic E-state index is 10.4. The van der Waals surface area contributed by atoms with Gasteiger partial charge in [-0.3, -0.25) is 4.68 Å². The number of ether oxygens (including phenoxy) is 2. The van der Waals surface area contributed by atoms with Crippen LogP contribution in [0, 0.1) is 0 Å². The molecule has 1 fully saturated rings. The smallest absolute Gasteiger partial charge is 0.0972 e. The number of hydrogen-bond donors (Lipinski definition) is 1. The quantitative estimate of drug-likeness (QED) is 0.841. The van der Waals surface area contributed by atoms with E-state index >= 15 is 0 Å². The highest BCUT2D eigenvalue weighted by Gasteiger charge is 2.21. The fourth-order valence-electron chi connectivity index (χ4n) is 2.57. The molecule has 0 radical (unpaired) electrons.